The molecular formula is C47H30N2S. The summed E-state index contributed by atoms with van der Waals surface area (Å²) in [6, 6.07) is 65.5. The van der Waals surface area contributed by atoms with Crippen LogP contribution in [0.25, 0.3) is 56.2 Å². The fourth-order valence-electron chi connectivity index (χ4n) is 8.04. The van der Waals surface area contributed by atoms with Crippen molar-refractivity contribution in [2.24, 2.45) is 0 Å². The average molecular weight is 655 g/mol. The van der Waals surface area contributed by atoms with Crippen LogP contribution in [0, 0.1) is 0 Å². The molecule has 0 bridgehead atoms. The molecule has 10 rings (SSSR count). The van der Waals surface area contributed by atoms with Crippen LogP contribution in [0.3, 0.4) is 0 Å². The Kier molecular flexibility index (Phi) is 6.68. The van der Waals surface area contributed by atoms with Crippen LogP contribution in [0.15, 0.2) is 192 Å². The van der Waals surface area contributed by atoms with Gasteiger partial charge in [0.2, 0.25) is 0 Å². The molecule has 2 heterocycles. The molecule has 0 N–H and O–H groups in total. The molecular weight excluding hydrogens is 625 g/mol. The number of aromatic nitrogens is 2. The van der Waals surface area contributed by atoms with Gasteiger partial charge in [-0.25, -0.2) is 9.97 Å². The summed E-state index contributed by atoms with van der Waals surface area (Å²) in [5.41, 5.74) is 15.0. The zero-order chi connectivity index (χ0) is 33.1. The molecule has 1 spiro atoms. The number of benzene rings is 7. The maximum absolute atomic E-state index is 5.09. The third-order valence-corrected chi connectivity index (χ3v) is 11.3. The monoisotopic (exact) mass is 654 g/mol. The number of rotatable bonds is 4. The highest BCUT2D eigenvalue weighted by Gasteiger charge is 2.51. The summed E-state index contributed by atoms with van der Waals surface area (Å²) >= 11 is 1.88. The van der Waals surface area contributed by atoms with E-state index in [9.17, 15) is 0 Å². The van der Waals surface area contributed by atoms with Gasteiger partial charge in [0.05, 0.1) is 16.8 Å². The molecule has 0 unspecified atom stereocenters. The molecule has 0 saturated carbocycles. The van der Waals surface area contributed by atoms with Crippen molar-refractivity contribution in [2.75, 3.05) is 0 Å². The Labute approximate surface area is 296 Å². The smallest absolute Gasteiger partial charge is 0.160 e. The maximum Gasteiger partial charge on any atom is 0.160 e. The van der Waals surface area contributed by atoms with Gasteiger partial charge < -0.3 is 0 Å². The first-order valence-electron chi connectivity index (χ1n) is 17.0. The summed E-state index contributed by atoms with van der Waals surface area (Å²) in [6.45, 7) is 0. The van der Waals surface area contributed by atoms with Crippen LogP contribution in [0.1, 0.15) is 22.3 Å². The summed E-state index contributed by atoms with van der Waals surface area (Å²) in [4.78, 5) is 12.7. The minimum absolute atomic E-state index is 0.429. The van der Waals surface area contributed by atoms with Gasteiger partial charge in [0.1, 0.15) is 0 Å². The normalized spacial score (nSPS) is 13.3. The fraction of sp³-hybridized carbons (Fsp3) is 0.0213. The van der Waals surface area contributed by atoms with Gasteiger partial charge in [-0.15, -0.1) is 0 Å². The molecule has 1 aromatic heterocycles. The highest BCUT2D eigenvalue weighted by atomic mass is 32.2. The first kappa shape index (κ1) is 28.9. The molecule has 2 aliphatic rings. The van der Waals surface area contributed by atoms with E-state index in [1.807, 2.05) is 36.0 Å². The summed E-state index contributed by atoms with van der Waals surface area (Å²) in [7, 11) is 0. The first-order chi connectivity index (χ1) is 24.8. The maximum atomic E-state index is 5.09. The van der Waals surface area contributed by atoms with Crippen molar-refractivity contribution < 1.29 is 0 Å². The van der Waals surface area contributed by atoms with Crippen molar-refractivity contribution >= 4 is 11.8 Å². The molecule has 3 heteroatoms. The van der Waals surface area contributed by atoms with Crippen LogP contribution in [0.5, 0.6) is 0 Å². The van der Waals surface area contributed by atoms with Crippen molar-refractivity contribution in [2.45, 2.75) is 15.2 Å². The number of hydrogen-bond donors (Lipinski definition) is 0. The van der Waals surface area contributed by atoms with Crippen molar-refractivity contribution in [1.29, 1.82) is 0 Å². The Balaban J connectivity index is 1.16. The van der Waals surface area contributed by atoms with E-state index in [2.05, 4.69) is 158 Å². The van der Waals surface area contributed by atoms with Crippen molar-refractivity contribution in [3.05, 3.63) is 204 Å². The average Bonchev–Trinajstić information content (AvgIpc) is 3.49. The van der Waals surface area contributed by atoms with Gasteiger partial charge in [-0.05, 0) is 62.7 Å². The van der Waals surface area contributed by atoms with E-state index in [1.54, 1.807) is 0 Å². The summed E-state index contributed by atoms with van der Waals surface area (Å²) in [5, 5.41) is 0. The van der Waals surface area contributed by atoms with E-state index < -0.39 is 5.41 Å². The topological polar surface area (TPSA) is 25.8 Å². The summed E-state index contributed by atoms with van der Waals surface area (Å²) in [5.74, 6) is 0.721. The lowest BCUT2D eigenvalue weighted by molar-refractivity contribution is 0.724. The Morgan fingerprint density at radius 2 is 0.840 bits per heavy atom. The largest absolute Gasteiger partial charge is 0.228 e. The van der Waals surface area contributed by atoms with Gasteiger partial charge >= 0.3 is 0 Å². The standard InChI is InChI=1S/C47H30N2S/c1-3-14-32(15-4-1)41-30-42(49-46(48-41)34-16-5-2-6-17-34)33-28-26-31(27-29-33)35-19-13-20-37-36-18-7-8-21-38(36)47(45(35)37)39-22-9-11-24-43(39)50-44-25-12-10-23-40(44)47/h1-30H. The SMILES string of the molecule is c1ccc(-c2cc(-c3ccc(-c4cccc5c4C4(c6ccccc6Sc6ccccc64)c4ccccc4-5)cc3)nc(-c3ccccc3)n2)cc1. The second-order valence-electron chi connectivity index (χ2n) is 12.9. The molecule has 0 amide bonds. The van der Waals surface area contributed by atoms with Crippen LogP contribution in [-0.4, -0.2) is 9.97 Å². The first-order valence-corrected chi connectivity index (χ1v) is 17.8. The lowest BCUT2D eigenvalue weighted by Gasteiger charge is -2.40. The van der Waals surface area contributed by atoms with E-state index in [0.29, 0.717) is 0 Å². The zero-order valence-corrected chi connectivity index (χ0v) is 27.9. The molecule has 1 aliphatic carbocycles. The second-order valence-corrected chi connectivity index (χ2v) is 14.0. The highest BCUT2D eigenvalue weighted by molar-refractivity contribution is 7.99. The van der Waals surface area contributed by atoms with Crippen molar-refractivity contribution in [3.63, 3.8) is 0 Å². The molecule has 50 heavy (non-hydrogen) atoms. The predicted molar refractivity (Wildman–Crippen MR) is 205 cm³/mol. The van der Waals surface area contributed by atoms with E-state index in [1.165, 1.54) is 54.3 Å². The van der Waals surface area contributed by atoms with Crippen LogP contribution >= 0.6 is 11.8 Å². The lowest BCUT2D eigenvalue weighted by Crippen LogP contribution is -2.32. The van der Waals surface area contributed by atoms with Crippen LogP contribution in [-0.2, 0) is 5.41 Å². The van der Waals surface area contributed by atoms with E-state index in [-0.39, 0.29) is 0 Å². The molecule has 1 aliphatic heterocycles. The molecule has 0 radical (unpaired) electrons. The van der Waals surface area contributed by atoms with Gasteiger partial charge in [0.15, 0.2) is 5.82 Å². The molecule has 8 aromatic rings. The van der Waals surface area contributed by atoms with Gasteiger partial charge in [-0.3, -0.25) is 0 Å². The van der Waals surface area contributed by atoms with Crippen molar-refractivity contribution in [1.82, 2.24) is 9.97 Å². The van der Waals surface area contributed by atoms with E-state index in [4.69, 9.17) is 9.97 Å². The van der Waals surface area contributed by atoms with Crippen LogP contribution in [0.4, 0.5) is 0 Å². The Bertz CT molecular complexity index is 2450. The molecule has 0 atom stereocenters. The summed E-state index contributed by atoms with van der Waals surface area (Å²) in [6.07, 6.45) is 0. The minimum Gasteiger partial charge on any atom is -0.228 e. The summed E-state index contributed by atoms with van der Waals surface area (Å²) < 4.78 is 0. The fourth-order valence-corrected chi connectivity index (χ4v) is 9.24. The van der Waals surface area contributed by atoms with E-state index >= 15 is 0 Å². The van der Waals surface area contributed by atoms with Gasteiger partial charge in [-0.1, -0.05) is 176 Å². The predicted octanol–water partition coefficient (Wildman–Crippen LogP) is 12.0. The molecule has 7 aromatic carbocycles. The third-order valence-electron chi connectivity index (χ3n) is 10.2. The van der Waals surface area contributed by atoms with Crippen LogP contribution in [0.2, 0.25) is 0 Å². The molecule has 234 valence electrons. The van der Waals surface area contributed by atoms with Gasteiger partial charge in [-0.2, -0.15) is 0 Å². The molecule has 0 saturated heterocycles. The minimum atomic E-state index is -0.429. The number of nitrogens with zero attached hydrogens (tertiary/aromatic N) is 2. The second kappa shape index (κ2) is 11.5. The van der Waals surface area contributed by atoms with Crippen LogP contribution < -0.4 is 0 Å². The van der Waals surface area contributed by atoms with E-state index in [0.717, 1.165) is 33.9 Å². The molecule has 0 fully saturated rings. The third kappa shape index (κ3) is 4.37. The Morgan fingerprint density at radius 3 is 1.50 bits per heavy atom. The lowest BCUT2D eigenvalue weighted by atomic mass is 9.66. The quantitative estimate of drug-likeness (QED) is 0.189. The number of hydrogen-bond acceptors (Lipinski definition) is 3. The van der Waals surface area contributed by atoms with Gasteiger partial charge in [0, 0.05) is 26.5 Å². The van der Waals surface area contributed by atoms with Crippen molar-refractivity contribution in [3.8, 4) is 56.2 Å². The zero-order valence-electron chi connectivity index (χ0n) is 27.1. The number of fused-ring (bicyclic) bond motifs is 9. The highest BCUT2D eigenvalue weighted by Crippen LogP contribution is 2.63. The van der Waals surface area contributed by atoms with Gasteiger partial charge in [0.25, 0.3) is 0 Å². The Hall–Kier alpha value is -6.03. The molecule has 2 nitrogen and oxygen atoms in total. The Morgan fingerprint density at radius 1 is 0.360 bits per heavy atom.